The van der Waals surface area contributed by atoms with Gasteiger partial charge in [0.05, 0.1) is 10.8 Å². The monoisotopic (exact) mass is 626 g/mol. The van der Waals surface area contributed by atoms with Crippen LogP contribution in [0.4, 0.5) is 37.7 Å². The van der Waals surface area contributed by atoms with E-state index in [1.54, 1.807) is 32.0 Å². The van der Waals surface area contributed by atoms with Gasteiger partial charge in [-0.25, -0.2) is 0 Å². The van der Waals surface area contributed by atoms with Crippen molar-refractivity contribution in [3.8, 4) is 11.5 Å². The molecule has 1 unspecified atom stereocenters. The van der Waals surface area contributed by atoms with Crippen LogP contribution in [-0.2, 0) is 28.6 Å². The van der Waals surface area contributed by atoms with E-state index < -0.39 is 68.4 Å². The molecule has 1 atom stereocenters. The molecule has 4 nitrogen and oxygen atoms in total. The Morgan fingerprint density at radius 1 is 0.556 bits per heavy atom. The highest BCUT2D eigenvalue weighted by Gasteiger charge is 2.75. The quantitative estimate of drug-likeness (QED) is 0.135. The third-order valence-electron chi connectivity index (χ3n) is 9.46. The fourth-order valence-electron chi connectivity index (χ4n) is 7.75. The van der Waals surface area contributed by atoms with E-state index in [-0.39, 0.29) is 6.42 Å². The molecule has 0 fully saturated rings. The fourth-order valence-corrected chi connectivity index (χ4v) is 7.75. The maximum atomic E-state index is 14.6. The van der Waals surface area contributed by atoms with Crippen LogP contribution in [0.2, 0.25) is 0 Å². The largest absolute Gasteiger partial charge is 0.449 e. The number of halogens is 6. The lowest BCUT2D eigenvalue weighted by atomic mass is 9.66. The molecular formula is C35H32F6N2O2. The minimum Gasteiger partial charge on any atom is -0.449 e. The lowest BCUT2D eigenvalue weighted by Crippen LogP contribution is -2.65. The van der Waals surface area contributed by atoms with Gasteiger partial charge in [0.1, 0.15) is 22.6 Å². The van der Waals surface area contributed by atoms with Crippen LogP contribution in [0.25, 0.3) is 0 Å². The summed E-state index contributed by atoms with van der Waals surface area (Å²) >= 11 is 0. The third kappa shape index (κ3) is 4.20. The second kappa shape index (κ2) is 9.58. The first kappa shape index (κ1) is 30.7. The first-order chi connectivity index (χ1) is 20.9. The van der Waals surface area contributed by atoms with Crippen molar-refractivity contribution in [1.29, 1.82) is 0 Å². The van der Waals surface area contributed by atoms with E-state index in [0.29, 0.717) is 16.7 Å². The van der Waals surface area contributed by atoms with E-state index >= 15 is 0 Å². The molecule has 1 spiro atoms. The molecule has 0 amide bonds. The molecule has 0 radical (unpaired) electrons. The molecule has 2 aliphatic carbocycles. The summed E-state index contributed by atoms with van der Waals surface area (Å²) in [7, 11) is 0. The van der Waals surface area contributed by atoms with Gasteiger partial charge < -0.3 is 20.9 Å². The van der Waals surface area contributed by atoms with Crippen LogP contribution in [0.15, 0.2) is 84.9 Å². The van der Waals surface area contributed by atoms with E-state index in [1.165, 1.54) is 12.1 Å². The number of nitrogens with two attached hydrogens (primary N) is 2. The Labute approximate surface area is 257 Å². The van der Waals surface area contributed by atoms with Gasteiger partial charge in [-0.15, -0.1) is 0 Å². The van der Waals surface area contributed by atoms with Gasteiger partial charge in [-0.3, -0.25) is 0 Å². The first-order valence-electron chi connectivity index (χ1n) is 14.4. The lowest BCUT2D eigenvalue weighted by Gasteiger charge is -2.51. The molecule has 10 heteroatoms. The zero-order chi connectivity index (χ0) is 32.8. The van der Waals surface area contributed by atoms with Crippen molar-refractivity contribution >= 4 is 11.4 Å². The molecule has 2 aliphatic rings. The zero-order valence-corrected chi connectivity index (χ0v) is 25.0. The Hall–Kier alpha value is -4.34. The van der Waals surface area contributed by atoms with E-state index in [0.717, 1.165) is 29.8 Å². The summed E-state index contributed by atoms with van der Waals surface area (Å²) in [6, 6.07) is 21.7. The Balaban J connectivity index is 1.78. The minimum atomic E-state index is -4.95. The molecular weight excluding hydrogens is 594 g/mol. The first-order valence-corrected chi connectivity index (χ1v) is 14.4. The van der Waals surface area contributed by atoms with Crippen LogP contribution in [0.5, 0.6) is 11.5 Å². The average Bonchev–Trinajstić information content (AvgIpc) is 3.26. The SMILES string of the molecule is CC1(C)CC2(c3ccccc31)c1ccccc1C(C)(C)C2(Oc1cccc(N)c1C(F)(F)F)Oc1cccc(N)c1C(F)(F)F. The molecule has 4 aromatic carbocycles. The number of alkyl halides is 6. The van der Waals surface area contributed by atoms with Crippen LogP contribution >= 0.6 is 0 Å². The van der Waals surface area contributed by atoms with Crippen LogP contribution < -0.4 is 20.9 Å². The number of hydrogen-bond acceptors (Lipinski definition) is 4. The maximum absolute atomic E-state index is 14.6. The topological polar surface area (TPSA) is 70.5 Å². The van der Waals surface area contributed by atoms with Gasteiger partial charge >= 0.3 is 12.4 Å². The molecule has 0 saturated heterocycles. The summed E-state index contributed by atoms with van der Waals surface area (Å²) in [6.07, 6.45) is -9.66. The van der Waals surface area contributed by atoms with Crippen LogP contribution in [0.1, 0.15) is 67.5 Å². The molecule has 0 heterocycles. The van der Waals surface area contributed by atoms with Crippen LogP contribution in [0, 0.1) is 0 Å². The van der Waals surface area contributed by atoms with Gasteiger partial charge in [0.25, 0.3) is 5.79 Å². The van der Waals surface area contributed by atoms with Crippen molar-refractivity contribution in [2.24, 2.45) is 0 Å². The zero-order valence-electron chi connectivity index (χ0n) is 25.0. The second-order valence-corrected chi connectivity index (χ2v) is 12.9. The fraction of sp³-hybridized carbons (Fsp3) is 0.314. The lowest BCUT2D eigenvalue weighted by molar-refractivity contribution is -0.202. The van der Waals surface area contributed by atoms with Crippen molar-refractivity contribution in [2.45, 2.75) is 68.5 Å². The highest BCUT2D eigenvalue weighted by atomic mass is 19.4. The van der Waals surface area contributed by atoms with Gasteiger partial charge in [0.15, 0.2) is 0 Å². The second-order valence-electron chi connectivity index (χ2n) is 12.9. The van der Waals surface area contributed by atoms with Gasteiger partial charge in [0.2, 0.25) is 0 Å². The van der Waals surface area contributed by atoms with E-state index in [4.69, 9.17) is 20.9 Å². The van der Waals surface area contributed by atoms with E-state index in [9.17, 15) is 26.3 Å². The number of hydrogen-bond donors (Lipinski definition) is 2. The van der Waals surface area contributed by atoms with Crippen LogP contribution in [0.3, 0.4) is 0 Å². The molecule has 0 saturated carbocycles. The highest BCUT2D eigenvalue weighted by molar-refractivity contribution is 5.66. The standard InChI is InChI=1S/C35H32F6N2O2/c1-30(2)19-32(22-13-7-5-11-20(22)30)23-14-8-6-12-21(23)31(3,4)35(32,44-26-17-9-15-24(42)28(26)33(36,37)38)45-27-18-10-16-25(43)29(27)34(39,40)41/h5-18H,19,42-43H2,1-4H3. The number of fused-ring (bicyclic) bond motifs is 4. The Kier molecular flexibility index (Phi) is 6.53. The highest BCUT2D eigenvalue weighted by Crippen LogP contribution is 2.69. The molecule has 0 aliphatic heterocycles. The number of nitrogen functional groups attached to an aromatic ring is 2. The molecule has 4 aromatic rings. The minimum absolute atomic E-state index is 0.243. The van der Waals surface area contributed by atoms with Crippen molar-refractivity contribution in [1.82, 2.24) is 0 Å². The molecule has 236 valence electrons. The Morgan fingerprint density at radius 2 is 0.956 bits per heavy atom. The van der Waals surface area contributed by atoms with Crippen molar-refractivity contribution < 1.29 is 35.8 Å². The van der Waals surface area contributed by atoms with Crippen molar-refractivity contribution in [3.05, 3.63) is 118 Å². The summed E-state index contributed by atoms with van der Waals surface area (Å²) in [4.78, 5) is 0. The molecule has 0 bridgehead atoms. The van der Waals surface area contributed by atoms with E-state index in [2.05, 4.69) is 0 Å². The number of ether oxygens (including phenoxy) is 2. The van der Waals surface area contributed by atoms with Gasteiger partial charge in [-0.1, -0.05) is 74.5 Å². The predicted molar refractivity (Wildman–Crippen MR) is 160 cm³/mol. The predicted octanol–water partition coefficient (Wildman–Crippen LogP) is 9.00. The average molecular weight is 627 g/mol. The molecule has 4 N–H and O–H groups in total. The smallest absolute Gasteiger partial charge is 0.421 e. The summed E-state index contributed by atoms with van der Waals surface area (Å²) in [6.45, 7) is 7.41. The van der Waals surface area contributed by atoms with Crippen molar-refractivity contribution in [2.75, 3.05) is 11.5 Å². The van der Waals surface area contributed by atoms with Crippen LogP contribution in [-0.4, -0.2) is 5.79 Å². The normalized spacial score (nSPS) is 20.9. The number of rotatable bonds is 4. The molecule has 45 heavy (non-hydrogen) atoms. The number of benzene rings is 4. The van der Waals surface area contributed by atoms with Crippen molar-refractivity contribution in [3.63, 3.8) is 0 Å². The summed E-state index contributed by atoms with van der Waals surface area (Å²) in [5.41, 5.74) is 7.67. The Morgan fingerprint density at radius 3 is 1.40 bits per heavy atom. The Bertz CT molecular complexity index is 1730. The summed E-state index contributed by atoms with van der Waals surface area (Å²) in [5.74, 6) is -3.56. The van der Waals surface area contributed by atoms with E-state index in [1.807, 2.05) is 44.2 Å². The van der Waals surface area contributed by atoms with Gasteiger partial charge in [-0.05, 0) is 72.2 Å². The summed E-state index contributed by atoms with van der Waals surface area (Å²) < 4.78 is 101. The molecule has 6 rings (SSSR count). The summed E-state index contributed by atoms with van der Waals surface area (Å²) in [5, 5.41) is 0. The maximum Gasteiger partial charge on any atom is 0.421 e. The van der Waals surface area contributed by atoms with Gasteiger partial charge in [0, 0.05) is 11.4 Å². The number of anilines is 2. The third-order valence-corrected chi connectivity index (χ3v) is 9.46. The molecule has 0 aromatic heterocycles. The van der Waals surface area contributed by atoms with Gasteiger partial charge in [-0.2, -0.15) is 26.3 Å².